The number of aromatic nitrogens is 1. The van der Waals surface area contributed by atoms with Crippen molar-refractivity contribution in [2.24, 2.45) is 0 Å². The van der Waals surface area contributed by atoms with Gasteiger partial charge < -0.3 is 9.64 Å². The zero-order valence-electron chi connectivity index (χ0n) is 13.5. The van der Waals surface area contributed by atoms with Crippen LogP contribution in [-0.4, -0.2) is 62.3 Å². The van der Waals surface area contributed by atoms with E-state index in [1.54, 1.807) is 10.5 Å². The van der Waals surface area contributed by atoms with Gasteiger partial charge in [0.05, 0.1) is 18.5 Å². The van der Waals surface area contributed by atoms with Crippen LogP contribution in [0.5, 0.6) is 0 Å². The minimum Gasteiger partial charge on any atom is -0.378 e. The Kier molecular flexibility index (Phi) is 5.77. The van der Waals surface area contributed by atoms with Crippen LogP contribution in [0.2, 0.25) is 0 Å². The maximum atomic E-state index is 12.3. The van der Waals surface area contributed by atoms with Gasteiger partial charge in [0.1, 0.15) is 5.82 Å². The number of piperazine rings is 1. The molecule has 0 bridgehead atoms. The van der Waals surface area contributed by atoms with Gasteiger partial charge in [0.25, 0.3) is 0 Å². The van der Waals surface area contributed by atoms with Crippen molar-refractivity contribution in [3.63, 3.8) is 0 Å². The van der Waals surface area contributed by atoms with Gasteiger partial charge in [-0.25, -0.2) is 13.4 Å². The molecule has 124 valence electrons. The van der Waals surface area contributed by atoms with Gasteiger partial charge in [-0.05, 0) is 38.5 Å². The number of pyridine rings is 1. The minimum absolute atomic E-state index is 0.0495. The molecule has 1 fully saturated rings. The smallest absolute Gasteiger partial charge is 0.216 e. The van der Waals surface area contributed by atoms with Crippen LogP contribution in [0, 0.1) is 6.92 Å². The molecular weight excluding hydrogens is 302 g/mol. The Balaban J connectivity index is 1.88. The third-order valence-corrected chi connectivity index (χ3v) is 5.48. The van der Waals surface area contributed by atoms with Gasteiger partial charge >= 0.3 is 0 Å². The standard InChI is InChI=1S/C15H25N3O3S/c1-13(2)21-10-11-22(19,20)18-8-6-17(7-9-18)15-12-14(3)4-5-16-15/h4-5,12-13H,6-11H2,1-3H3. The van der Waals surface area contributed by atoms with Gasteiger partial charge in [0.15, 0.2) is 0 Å². The second kappa shape index (κ2) is 7.39. The third kappa shape index (κ3) is 4.66. The van der Waals surface area contributed by atoms with Gasteiger partial charge in [0, 0.05) is 32.4 Å². The monoisotopic (exact) mass is 327 g/mol. The maximum Gasteiger partial charge on any atom is 0.216 e. The molecule has 0 saturated carbocycles. The summed E-state index contributed by atoms with van der Waals surface area (Å²) < 4.78 is 31.5. The highest BCUT2D eigenvalue weighted by Gasteiger charge is 2.27. The number of hydrogen-bond acceptors (Lipinski definition) is 5. The molecule has 6 nitrogen and oxygen atoms in total. The third-order valence-electron chi connectivity index (χ3n) is 3.65. The Morgan fingerprint density at radius 3 is 2.55 bits per heavy atom. The molecule has 2 heterocycles. The molecule has 0 aliphatic carbocycles. The number of sulfonamides is 1. The molecular formula is C15H25N3O3S. The Morgan fingerprint density at radius 1 is 1.27 bits per heavy atom. The second-order valence-electron chi connectivity index (χ2n) is 5.81. The van der Waals surface area contributed by atoms with Crippen molar-refractivity contribution in [3.8, 4) is 0 Å². The van der Waals surface area contributed by atoms with E-state index in [9.17, 15) is 8.42 Å². The van der Waals surface area contributed by atoms with Crippen LogP contribution in [0.4, 0.5) is 5.82 Å². The second-order valence-corrected chi connectivity index (χ2v) is 7.90. The molecule has 22 heavy (non-hydrogen) atoms. The zero-order valence-corrected chi connectivity index (χ0v) is 14.3. The first kappa shape index (κ1) is 17.2. The quantitative estimate of drug-likeness (QED) is 0.787. The van der Waals surface area contributed by atoms with E-state index < -0.39 is 10.0 Å². The Bertz CT molecular complexity index is 581. The topological polar surface area (TPSA) is 62.7 Å². The van der Waals surface area contributed by atoms with Gasteiger partial charge in [-0.2, -0.15) is 4.31 Å². The van der Waals surface area contributed by atoms with Crippen LogP contribution in [0.15, 0.2) is 18.3 Å². The summed E-state index contributed by atoms with van der Waals surface area (Å²) in [7, 11) is -3.23. The molecule has 1 aliphatic heterocycles. The Morgan fingerprint density at radius 2 is 1.95 bits per heavy atom. The minimum atomic E-state index is -3.23. The zero-order chi connectivity index (χ0) is 16.2. The molecule has 0 radical (unpaired) electrons. The van der Waals surface area contributed by atoms with Gasteiger partial charge in [-0.1, -0.05) is 0 Å². The fraction of sp³-hybridized carbons (Fsp3) is 0.667. The maximum absolute atomic E-state index is 12.3. The lowest BCUT2D eigenvalue weighted by molar-refractivity contribution is 0.0906. The van der Waals surface area contributed by atoms with Gasteiger partial charge in [0.2, 0.25) is 10.0 Å². The summed E-state index contributed by atoms with van der Waals surface area (Å²) in [4.78, 5) is 6.49. The number of aryl methyl sites for hydroxylation is 1. The summed E-state index contributed by atoms with van der Waals surface area (Å²) in [5.41, 5.74) is 1.16. The molecule has 0 N–H and O–H groups in total. The Labute approximate surface area is 133 Å². The summed E-state index contributed by atoms with van der Waals surface area (Å²) in [6.07, 6.45) is 1.84. The fourth-order valence-electron chi connectivity index (χ4n) is 2.41. The van der Waals surface area contributed by atoms with Crippen molar-refractivity contribution in [3.05, 3.63) is 23.9 Å². The van der Waals surface area contributed by atoms with Crippen LogP contribution >= 0.6 is 0 Å². The first-order valence-corrected chi connectivity index (χ1v) is 9.26. The molecule has 1 aromatic rings. The average molecular weight is 327 g/mol. The molecule has 0 amide bonds. The summed E-state index contributed by atoms with van der Waals surface area (Å²) in [6.45, 7) is 8.42. The molecule has 0 spiro atoms. The SMILES string of the molecule is Cc1ccnc(N2CCN(S(=O)(=O)CCOC(C)C)CC2)c1. The van der Waals surface area contributed by atoms with Crippen molar-refractivity contribution in [2.45, 2.75) is 26.9 Å². The normalized spacial score (nSPS) is 17.2. The number of rotatable bonds is 6. The lowest BCUT2D eigenvalue weighted by Crippen LogP contribution is -2.49. The number of anilines is 1. The highest BCUT2D eigenvalue weighted by Crippen LogP contribution is 2.16. The van der Waals surface area contributed by atoms with E-state index in [2.05, 4.69) is 9.88 Å². The number of ether oxygens (including phenoxy) is 1. The molecule has 7 heteroatoms. The molecule has 1 aromatic heterocycles. The molecule has 1 aliphatic rings. The number of hydrogen-bond donors (Lipinski definition) is 0. The number of nitrogens with zero attached hydrogens (tertiary/aromatic N) is 3. The average Bonchev–Trinajstić information content (AvgIpc) is 2.47. The van der Waals surface area contributed by atoms with Crippen LogP contribution in [-0.2, 0) is 14.8 Å². The van der Waals surface area contributed by atoms with E-state index in [4.69, 9.17) is 4.74 Å². The lowest BCUT2D eigenvalue weighted by Gasteiger charge is -2.34. The van der Waals surface area contributed by atoms with Crippen molar-refractivity contribution in [1.29, 1.82) is 0 Å². The van der Waals surface area contributed by atoms with Crippen molar-refractivity contribution in [2.75, 3.05) is 43.4 Å². The van der Waals surface area contributed by atoms with E-state index >= 15 is 0 Å². The highest BCUT2D eigenvalue weighted by atomic mass is 32.2. The molecule has 0 atom stereocenters. The molecule has 0 unspecified atom stereocenters. The van der Waals surface area contributed by atoms with E-state index in [0.717, 1.165) is 11.4 Å². The van der Waals surface area contributed by atoms with Gasteiger partial charge in [-0.3, -0.25) is 0 Å². The molecule has 1 saturated heterocycles. The molecule has 2 rings (SSSR count). The van der Waals surface area contributed by atoms with Gasteiger partial charge in [-0.15, -0.1) is 0 Å². The van der Waals surface area contributed by atoms with Crippen LogP contribution < -0.4 is 4.90 Å². The highest BCUT2D eigenvalue weighted by molar-refractivity contribution is 7.89. The van der Waals surface area contributed by atoms with Crippen molar-refractivity contribution in [1.82, 2.24) is 9.29 Å². The van der Waals surface area contributed by atoms with E-state index in [1.165, 1.54) is 0 Å². The Hall–Kier alpha value is -1.18. The van der Waals surface area contributed by atoms with Crippen LogP contribution in [0.3, 0.4) is 0 Å². The van der Waals surface area contributed by atoms with Crippen LogP contribution in [0.1, 0.15) is 19.4 Å². The first-order chi connectivity index (χ1) is 10.4. The molecule has 0 aromatic carbocycles. The first-order valence-electron chi connectivity index (χ1n) is 7.65. The predicted molar refractivity (Wildman–Crippen MR) is 87.6 cm³/mol. The summed E-state index contributed by atoms with van der Waals surface area (Å²) in [5.74, 6) is 0.966. The summed E-state index contributed by atoms with van der Waals surface area (Å²) in [6, 6.07) is 3.99. The van der Waals surface area contributed by atoms with Crippen molar-refractivity contribution >= 4 is 15.8 Å². The predicted octanol–water partition coefficient (Wildman–Crippen LogP) is 1.27. The van der Waals surface area contributed by atoms with E-state index in [-0.39, 0.29) is 18.5 Å². The largest absolute Gasteiger partial charge is 0.378 e. The van der Waals surface area contributed by atoms with Crippen molar-refractivity contribution < 1.29 is 13.2 Å². The fourth-order valence-corrected chi connectivity index (χ4v) is 3.69. The van der Waals surface area contributed by atoms with Crippen LogP contribution in [0.25, 0.3) is 0 Å². The van der Waals surface area contributed by atoms with E-state index in [1.807, 2.05) is 32.9 Å². The van der Waals surface area contributed by atoms with E-state index in [0.29, 0.717) is 26.2 Å². The summed E-state index contributed by atoms with van der Waals surface area (Å²) >= 11 is 0. The summed E-state index contributed by atoms with van der Waals surface area (Å²) in [5, 5.41) is 0. The lowest BCUT2D eigenvalue weighted by atomic mass is 10.2.